The summed E-state index contributed by atoms with van der Waals surface area (Å²) in [6, 6.07) is 16.3. The summed E-state index contributed by atoms with van der Waals surface area (Å²) in [5, 5.41) is 0. The van der Waals surface area contributed by atoms with Gasteiger partial charge in [0.1, 0.15) is 11.5 Å². The molecule has 1 unspecified atom stereocenters. The fraction of sp³-hybridized carbons (Fsp3) is 0.368. The monoisotopic (exact) mass is 299 g/mol. The van der Waals surface area contributed by atoms with Crippen LogP contribution in [-0.2, 0) is 6.42 Å². The van der Waals surface area contributed by atoms with Crippen LogP contribution in [0.1, 0.15) is 30.9 Å². The van der Waals surface area contributed by atoms with E-state index in [1.807, 2.05) is 50.2 Å². The van der Waals surface area contributed by atoms with Crippen LogP contribution < -0.4 is 15.2 Å². The predicted octanol–water partition coefficient (Wildman–Crippen LogP) is 3.77. The van der Waals surface area contributed by atoms with Crippen molar-refractivity contribution in [2.24, 2.45) is 5.73 Å². The van der Waals surface area contributed by atoms with E-state index in [0.717, 1.165) is 23.5 Å². The fourth-order valence-corrected chi connectivity index (χ4v) is 2.66. The number of nitrogens with two attached hydrogens (primary N) is 1. The molecule has 2 rings (SSSR count). The van der Waals surface area contributed by atoms with Crippen molar-refractivity contribution < 1.29 is 9.47 Å². The maximum absolute atomic E-state index is 6.05. The molecule has 118 valence electrons. The molecule has 0 bridgehead atoms. The first-order valence-electron chi connectivity index (χ1n) is 7.92. The third-order valence-electron chi connectivity index (χ3n) is 3.68. The van der Waals surface area contributed by atoms with E-state index >= 15 is 0 Å². The van der Waals surface area contributed by atoms with E-state index in [2.05, 4.69) is 12.1 Å². The van der Waals surface area contributed by atoms with Gasteiger partial charge in [0.05, 0.1) is 13.2 Å². The number of rotatable bonds is 8. The van der Waals surface area contributed by atoms with Gasteiger partial charge in [-0.3, -0.25) is 0 Å². The van der Waals surface area contributed by atoms with Gasteiger partial charge in [-0.1, -0.05) is 36.4 Å². The Balaban J connectivity index is 2.26. The van der Waals surface area contributed by atoms with Crippen molar-refractivity contribution in [3.8, 4) is 11.5 Å². The molecule has 0 amide bonds. The summed E-state index contributed by atoms with van der Waals surface area (Å²) in [7, 11) is 0. The van der Waals surface area contributed by atoms with Crippen LogP contribution in [0.25, 0.3) is 0 Å². The molecule has 0 aliphatic carbocycles. The largest absolute Gasteiger partial charge is 0.494 e. The summed E-state index contributed by atoms with van der Waals surface area (Å²) < 4.78 is 11.5. The summed E-state index contributed by atoms with van der Waals surface area (Å²) in [6.45, 7) is 5.90. The first kappa shape index (κ1) is 16.4. The molecule has 2 aromatic carbocycles. The molecule has 3 nitrogen and oxygen atoms in total. The highest BCUT2D eigenvalue weighted by atomic mass is 16.5. The lowest BCUT2D eigenvalue weighted by Gasteiger charge is -2.20. The first-order chi connectivity index (χ1) is 10.8. The molecule has 0 saturated carbocycles. The van der Waals surface area contributed by atoms with Crippen molar-refractivity contribution in [3.63, 3.8) is 0 Å². The Kier molecular flexibility index (Phi) is 6.28. The summed E-state index contributed by atoms with van der Waals surface area (Å²) in [6.07, 6.45) is 0.844. The Morgan fingerprint density at radius 1 is 0.864 bits per heavy atom. The average molecular weight is 299 g/mol. The number of ether oxygens (including phenoxy) is 2. The second-order valence-electron chi connectivity index (χ2n) is 5.15. The van der Waals surface area contributed by atoms with Gasteiger partial charge < -0.3 is 15.2 Å². The Morgan fingerprint density at radius 2 is 1.45 bits per heavy atom. The summed E-state index contributed by atoms with van der Waals surface area (Å²) in [4.78, 5) is 0. The summed E-state index contributed by atoms with van der Waals surface area (Å²) >= 11 is 0. The molecule has 2 N–H and O–H groups in total. The highest BCUT2D eigenvalue weighted by Gasteiger charge is 2.17. The molecule has 0 heterocycles. The van der Waals surface area contributed by atoms with Gasteiger partial charge in [0, 0.05) is 5.92 Å². The highest BCUT2D eigenvalue weighted by molar-refractivity contribution is 5.40. The molecule has 0 spiro atoms. The molecule has 3 heteroatoms. The minimum absolute atomic E-state index is 0.212. The van der Waals surface area contributed by atoms with Crippen molar-refractivity contribution in [2.75, 3.05) is 19.8 Å². The molecular weight excluding hydrogens is 274 g/mol. The van der Waals surface area contributed by atoms with Gasteiger partial charge in [-0.2, -0.15) is 0 Å². The Morgan fingerprint density at radius 3 is 2.14 bits per heavy atom. The fourth-order valence-electron chi connectivity index (χ4n) is 2.66. The number of hydrogen-bond donors (Lipinski definition) is 1. The van der Waals surface area contributed by atoms with Gasteiger partial charge in [-0.15, -0.1) is 0 Å². The van der Waals surface area contributed by atoms with E-state index in [0.29, 0.717) is 19.8 Å². The number of hydrogen-bond acceptors (Lipinski definition) is 3. The van der Waals surface area contributed by atoms with Crippen LogP contribution in [0.3, 0.4) is 0 Å². The molecule has 2 aromatic rings. The molecule has 0 aliphatic rings. The average Bonchev–Trinajstić information content (AvgIpc) is 2.55. The van der Waals surface area contributed by atoms with E-state index in [-0.39, 0.29) is 5.92 Å². The molecule has 0 aliphatic heterocycles. The van der Waals surface area contributed by atoms with Crippen molar-refractivity contribution in [1.29, 1.82) is 0 Å². The van der Waals surface area contributed by atoms with Gasteiger partial charge in [0.25, 0.3) is 0 Å². The van der Waals surface area contributed by atoms with Gasteiger partial charge in [0.2, 0.25) is 0 Å². The van der Waals surface area contributed by atoms with E-state index < -0.39 is 0 Å². The third-order valence-corrected chi connectivity index (χ3v) is 3.68. The molecule has 0 fully saturated rings. The molecule has 0 aromatic heterocycles. The minimum atomic E-state index is 0.212. The van der Waals surface area contributed by atoms with Gasteiger partial charge in [-0.25, -0.2) is 0 Å². The lowest BCUT2D eigenvalue weighted by molar-refractivity contribution is 0.330. The van der Waals surface area contributed by atoms with E-state index in [9.17, 15) is 0 Å². The molecular formula is C19H25NO2. The quantitative estimate of drug-likeness (QED) is 0.807. The van der Waals surface area contributed by atoms with Gasteiger partial charge in [0.15, 0.2) is 0 Å². The zero-order valence-corrected chi connectivity index (χ0v) is 13.4. The van der Waals surface area contributed by atoms with Crippen LogP contribution >= 0.6 is 0 Å². The SMILES string of the molecule is CCOc1ccccc1CC(CN)c1ccccc1OCC. The van der Waals surface area contributed by atoms with Crippen molar-refractivity contribution in [1.82, 2.24) is 0 Å². The maximum atomic E-state index is 6.05. The minimum Gasteiger partial charge on any atom is -0.494 e. The van der Waals surface area contributed by atoms with Gasteiger partial charge >= 0.3 is 0 Å². The van der Waals surface area contributed by atoms with Crippen LogP contribution in [-0.4, -0.2) is 19.8 Å². The maximum Gasteiger partial charge on any atom is 0.122 e. The van der Waals surface area contributed by atoms with E-state index in [1.165, 1.54) is 5.56 Å². The highest BCUT2D eigenvalue weighted by Crippen LogP contribution is 2.31. The Bertz CT molecular complexity index is 583. The Hall–Kier alpha value is -2.00. The Labute approximate surface area is 133 Å². The van der Waals surface area contributed by atoms with Crippen LogP contribution in [0.4, 0.5) is 0 Å². The zero-order valence-electron chi connectivity index (χ0n) is 13.4. The first-order valence-corrected chi connectivity index (χ1v) is 7.92. The molecule has 1 atom stereocenters. The third kappa shape index (κ3) is 4.01. The lowest BCUT2D eigenvalue weighted by atomic mass is 9.91. The number of para-hydroxylation sites is 2. The zero-order chi connectivity index (χ0) is 15.8. The summed E-state index contributed by atoms with van der Waals surface area (Å²) in [5.41, 5.74) is 8.40. The van der Waals surface area contributed by atoms with Crippen LogP contribution in [0.15, 0.2) is 48.5 Å². The van der Waals surface area contributed by atoms with Crippen LogP contribution in [0, 0.1) is 0 Å². The molecule has 0 saturated heterocycles. The van der Waals surface area contributed by atoms with Gasteiger partial charge in [-0.05, 0) is 50.1 Å². The van der Waals surface area contributed by atoms with Crippen molar-refractivity contribution in [3.05, 3.63) is 59.7 Å². The number of benzene rings is 2. The van der Waals surface area contributed by atoms with E-state index in [1.54, 1.807) is 0 Å². The lowest BCUT2D eigenvalue weighted by Crippen LogP contribution is -2.16. The molecule has 0 radical (unpaired) electrons. The summed E-state index contributed by atoms with van der Waals surface area (Å²) in [5.74, 6) is 2.08. The smallest absolute Gasteiger partial charge is 0.122 e. The predicted molar refractivity (Wildman–Crippen MR) is 90.7 cm³/mol. The standard InChI is InChI=1S/C19H25NO2/c1-3-21-18-11-7-5-9-15(18)13-16(14-20)17-10-6-8-12-19(17)22-4-2/h5-12,16H,3-4,13-14,20H2,1-2H3. The van der Waals surface area contributed by atoms with Crippen molar-refractivity contribution in [2.45, 2.75) is 26.2 Å². The second-order valence-corrected chi connectivity index (χ2v) is 5.15. The van der Waals surface area contributed by atoms with Crippen LogP contribution in [0.5, 0.6) is 11.5 Å². The molecule has 22 heavy (non-hydrogen) atoms. The van der Waals surface area contributed by atoms with Crippen LogP contribution in [0.2, 0.25) is 0 Å². The van der Waals surface area contributed by atoms with E-state index in [4.69, 9.17) is 15.2 Å². The second kappa shape index (κ2) is 8.44. The van der Waals surface area contributed by atoms with Crippen molar-refractivity contribution >= 4 is 0 Å². The topological polar surface area (TPSA) is 44.5 Å². The normalized spacial score (nSPS) is 12.0.